The van der Waals surface area contributed by atoms with E-state index >= 15 is 0 Å². The van der Waals surface area contributed by atoms with E-state index in [0.717, 1.165) is 40.7 Å². The Morgan fingerprint density at radius 3 is 2.69 bits per heavy atom. The third-order valence-electron chi connectivity index (χ3n) is 6.06. The quantitative estimate of drug-likeness (QED) is 0.527. The molecule has 0 radical (unpaired) electrons. The number of methoxy groups -OCH3 is 1. The summed E-state index contributed by atoms with van der Waals surface area (Å²) < 4.78 is 11.5. The van der Waals surface area contributed by atoms with Crippen molar-refractivity contribution in [3.8, 4) is 22.8 Å². The Bertz CT molecular complexity index is 1150. The van der Waals surface area contributed by atoms with Crippen LogP contribution in [0.5, 0.6) is 11.6 Å². The number of aliphatic hydroxyl groups is 1. The minimum atomic E-state index is -0.630. The second-order valence-corrected chi connectivity index (χ2v) is 8.44. The molecule has 2 amide bonds. The number of carbonyl (C=O) groups excluding carboxylic acids is 1. The van der Waals surface area contributed by atoms with Crippen molar-refractivity contribution in [3.05, 3.63) is 54.7 Å². The fraction of sp³-hybridized carbons (Fsp3) is 0.333. The molecule has 2 fully saturated rings. The number of aromatic nitrogens is 1. The summed E-state index contributed by atoms with van der Waals surface area (Å²) >= 11 is 0. The number of hydrogen-bond donors (Lipinski definition) is 3. The lowest BCUT2D eigenvalue weighted by atomic mass is 9.91. The summed E-state index contributed by atoms with van der Waals surface area (Å²) in [6.07, 6.45) is 1.08. The van der Waals surface area contributed by atoms with E-state index in [4.69, 9.17) is 9.47 Å². The highest BCUT2D eigenvalue weighted by molar-refractivity contribution is 6.00. The van der Waals surface area contributed by atoms with Crippen LogP contribution in [0.4, 0.5) is 4.79 Å². The van der Waals surface area contributed by atoms with Crippen LogP contribution in [-0.4, -0.2) is 72.6 Å². The number of nitrogens with zero attached hydrogens (tertiary/aromatic N) is 2. The molecular formula is C24H26N4O4. The van der Waals surface area contributed by atoms with Crippen molar-refractivity contribution in [2.75, 3.05) is 39.9 Å². The van der Waals surface area contributed by atoms with Gasteiger partial charge in [0.15, 0.2) is 0 Å². The molecule has 1 unspecified atom stereocenters. The van der Waals surface area contributed by atoms with Crippen molar-refractivity contribution in [2.45, 2.75) is 11.6 Å². The van der Waals surface area contributed by atoms with E-state index in [1.807, 2.05) is 48.5 Å². The van der Waals surface area contributed by atoms with Crippen LogP contribution in [0.15, 0.2) is 54.7 Å². The van der Waals surface area contributed by atoms with Crippen LogP contribution in [0, 0.1) is 0 Å². The number of aliphatic hydroxyl groups excluding tert-OH is 1. The molecule has 2 saturated heterocycles. The van der Waals surface area contributed by atoms with Gasteiger partial charge >= 0.3 is 6.03 Å². The first kappa shape index (κ1) is 20.5. The molecule has 32 heavy (non-hydrogen) atoms. The molecule has 0 bridgehead atoms. The number of ether oxygens (including phenoxy) is 2. The van der Waals surface area contributed by atoms with Gasteiger partial charge in [0.1, 0.15) is 18.5 Å². The van der Waals surface area contributed by atoms with Gasteiger partial charge in [0.2, 0.25) is 5.88 Å². The maximum atomic E-state index is 11.4. The summed E-state index contributed by atoms with van der Waals surface area (Å²) in [6.45, 7) is 2.78. The lowest BCUT2D eigenvalue weighted by Crippen LogP contribution is -2.69. The summed E-state index contributed by atoms with van der Waals surface area (Å²) in [4.78, 5) is 17.8. The van der Waals surface area contributed by atoms with Crippen LogP contribution >= 0.6 is 0 Å². The van der Waals surface area contributed by atoms with Crippen LogP contribution in [0.25, 0.3) is 21.9 Å². The van der Waals surface area contributed by atoms with Gasteiger partial charge in [0.25, 0.3) is 0 Å². The minimum absolute atomic E-state index is 0.118. The van der Waals surface area contributed by atoms with Gasteiger partial charge in [-0.3, -0.25) is 4.90 Å². The Hall–Kier alpha value is -3.36. The number of nitrogens with one attached hydrogen (secondary N) is 2. The van der Waals surface area contributed by atoms with Crippen molar-refractivity contribution < 1.29 is 19.4 Å². The normalized spacial score (nSPS) is 18.1. The summed E-state index contributed by atoms with van der Waals surface area (Å²) in [5, 5.41) is 18.3. The number of pyridine rings is 1. The van der Waals surface area contributed by atoms with Crippen molar-refractivity contribution in [3.63, 3.8) is 0 Å². The van der Waals surface area contributed by atoms with Gasteiger partial charge in [-0.25, -0.2) is 9.78 Å². The first-order valence-corrected chi connectivity index (χ1v) is 10.7. The molecule has 8 nitrogen and oxygen atoms in total. The highest BCUT2D eigenvalue weighted by Gasteiger charge is 2.47. The molecule has 2 aliphatic heterocycles. The van der Waals surface area contributed by atoms with Crippen LogP contribution in [0.1, 0.15) is 0 Å². The molecule has 2 aromatic carbocycles. The maximum Gasteiger partial charge on any atom is 0.315 e. The van der Waals surface area contributed by atoms with Crippen molar-refractivity contribution in [1.82, 2.24) is 20.5 Å². The minimum Gasteiger partial charge on any atom is -0.490 e. The van der Waals surface area contributed by atoms with Crippen molar-refractivity contribution in [1.29, 1.82) is 0 Å². The van der Waals surface area contributed by atoms with E-state index in [1.165, 1.54) is 0 Å². The average molecular weight is 434 g/mol. The molecule has 3 aromatic rings. The molecule has 1 spiro atoms. The smallest absolute Gasteiger partial charge is 0.315 e. The third-order valence-corrected chi connectivity index (χ3v) is 6.06. The summed E-state index contributed by atoms with van der Waals surface area (Å²) in [6, 6.07) is 15.7. The SMILES string of the molecule is COc1ncccc1-c1ccc(OCC(O)CN2CC3(CNC(=O)N3)C2)c2ccccc12. The lowest BCUT2D eigenvalue weighted by Gasteiger charge is -2.47. The van der Waals surface area contributed by atoms with Crippen molar-refractivity contribution in [2.24, 2.45) is 0 Å². The zero-order valence-electron chi connectivity index (χ0n) is 17.9. The summed E-state index contributed by atoms with van der Waals surface area (Å²) in [7, 11) is 1.62. The number of hydrogen-bond acceptors (Lipinski definition) is 6. The molecule has 0 saturated carbocycles. The average Bonchev–Trinajstić information content (AvgIpc) is 3.19. The summed E-state index contributed by atoms with van der Waals surface area (Å²) in [5.41, 5.74) is 1.74. The van der Waals surface area contributed by atoms with Gasteiger partial charge in [-0.15, -0.1) is 0 Å². The molecule has 2 aliphatic rings. The van der Waals surface area contributed by atoms with E-state index in [2.05, 4.69) is 20.5 Å². The van der Waals surface area contributed by atoms with Gasteiger partial charge in [-0.1, -0.05) is 24.3 Å². The fourth-order valence-electron chi connectivity index (χ4n) is 4.64. The Balaban J connectivity index is 1.28. The molecule has 5 rings (SSSR count). The van der Waals surface area contributed by atoms with Crippen LogP contribution in [0.2, 0.25) is 0 Å². The Kier molecular flexibility index (Phi) is 5.32. The molecule has 8 heteroatoms. The number of carbonyl (C=O) groups is 1. The number of urea groups is 1. The maximum absolute atomic E-state index is 11.4. The second kappa shape index (κ2) is 8.29. The standard InChI is InChI=1S/C24H26N4O4/c1-31-22-20(7-4-10-25-22)18-8-9-21(19-6-3-2-5-17(18)19)32-12-16(29)11-28-14-24(15-28)13-26-23(30)27-24/h2-10,16,29H,11-15H2,1H3,(H2,26,27,30). The zero-order valence-corrected chi connectivity index (χ0v) is 17.9. The third kappa shape index (κ3) is 3.83. The van der Waals surface area contributed by atoms with E-state index in [9.17, 15) is 9.90 Å². The zero-order chi connectivity index (χ0) is 22.1. The van der Waals surface area contributed by atoms with Gasteiger partial charge in [0.05, 0.1) is 12.6 Å². The van der Waals surface area contributed by atoms with Gasteiger partial charge in [0, 0.05) is 43.3 Å². The summed E-state index contributed by atoms with van der Waals surface area (Å²) in [5.74, 6) is 1.29. The van der Waals surface area contributed by atoms with Crippen molar-refractivity contribution >= 4 is 16.8 Å². The Morgan fingerprint density at radius 2 is 1.94 bits per heavy atom. The van der Waals surface area contributed by atoms with Gasteiger partial charge < -0.3 is 25.2 Å². The number of benzene rings is 2. The van der Waals surface area contributed by atoms with Crippen LogP contribution in [-0.2, 0) is 0 Å². The molecule has 1 aromatic heterocycles. The Morgan fingerprint density at radius 1 is 1.12 bits per heavy atom. The lowest BCUT2D eigenvalue weighted by molar-refractivity contribution is 0.00561. The number of fused-ring (bicyclic) bond motifs is 1. The predicted octanol–water partition coefficient (Wildman–Crippen LogP) is 2.02. The monoisotopic (exact) mass is 434 g/mol. The van der Waals surface area contributed by atoms with E-state index in [-0.39, 0.29) is 18.2 Å². The number of amides is 2. The first-order chi connectivity index (χ1) is 15.6. The van der Waals surface area contributed by atoms with Crippen LogP contribution < -0.4 is 20.1 Å². The van der Waals surface area contributed by atoms with Gasteiger partial charge in [-0.05, 0) is 35.2 Å². The number of β-amino-alcohol motifs (C(OH)–C–C–N with tert-alkyl or cyclic N) is 1. The highest BCUT2D eigenvalue weighted by Crippen LogP contribution is 2.37. The molecule has 3 heterocycles. The first-order valence-electron chi connectivity index (χ1n) is 10.7. The molecular weight excluding hydrogens is 408 g/mol. The molecule has 0 aliphatic carbocycles. The predicted molar refractivity (Wildman–Crippen MR) is 121 cm³/mol. The number of likely N-dealkylation sites (tertiary alicyclic amines) is 1. The second-order valence-electron chi connectivity index (χ2n) is 8.44. The largest absolute Gasteiger partial charge is 0.490 e. The topological polar surface area (TPSA) is 95.9 Å². The van der Waals surface area contributed by atoms with E-state index in [1.54, 1.807) is 13.3 Å². The highest BCUT2D eigenvalue weighted by atomic mass is 16.5. The Labute approximate surface area is 186 Å². The van der Waals surface area contributed by atoms with Crippen LogP contribution in [0.3, 0.4) is 0 Å². The molecule has 1 atom stereocenters. The number of rotatable bonds is 7. The van der Waals surface area contributed by atoms with Gasteiger partial charge in [-0.2, -0.15) is 0 Å². The molecule has 166 valence electrons. The van der Waals surface area contributed by atoms with E-state index in [0.29, 0.717) is 19.0 Å². The molecule has 3 N–H and O–H groups in total. The van der Waals surface area contributed by atoms with E-state index < -0.39 is 6.10 Å². The fourth-order valence-corrected chi connectivity index (χ4v) is 4.64.